The molecule has 92 valence electrons. The number of hydrogen-bond acceptors (Lipinski definition) is 2. The average molecular weight is 242 g/mol. The van der Waals surface area contributed by atoms with Crippen LogP contribution in [0.1, 0.15) is 40.0 Å². The van der Waals surface area contributed by atoms with Gasteiger partial charge in [0.15, 0.2) is 0 Å². The molecule has 2 N–H and O–H groups in total. The maximum absolute atomic E-state index is 12.3. The lowest BCUT2D eigenvalue weighted by atomic mass is 10.0. The molecule has 1 atom stereocenters. The van der Waals surface area contributed by atoms with E-state index in [2.05, 4.69) is 0 Å². The zero-order valence-electron chi connectivity index (χ0n) is 10.4. The first-order valence-corrected chi connectivity index (χ1v) is 6.48. The number of nitrogens with zero attached hydrogens (tertiary/aromatic N) is 1. The van der Waals surface area contributed by atoms with Crippen molar-refractivity contribution >= 4 is 23.1 Å². The molecule has 0 aromatic heterocycles. The second-order valence-corrected chi connectivity index (χ2v) is 5.36. The van der Waals surface area contributed by atoms with E-state index in [9.17, 15) is 4.79 Å². The van der Waals surface area contributed by atoms with E-state index in [1.165, 1.54) is 12.8 Å². The molecule has 0 heterocycles. The quantitative estimate of drug-likeness (QED) is 0.724. The second kappa shape index (κ2) is 5.62. The monoisotopic (exact) mass is 242 g/mol. The van der Waals surface area contributed by atoms with Crippen molar-refractivity contribution in [1.82, 2.24) is 4.90 Å². The van der Waals surface area contributed by atoms with E-state index in [0.717, 1.165) is 6.54 Å². The molecule has 0 aromatic rings. The van der Waals surface area contributed by atoms with Crippen molar-refractivity contribution < 1.29 is 4.79 Å². The topological polar surface area (TPSA) is 46.3 Å². The molecule has 1 saturated carbocycles. The van der Waals surface area contributed by atoms with E-state index in [1.807, 2.05) is 25.7 Å². The minimum absolute atomic E-state index is 0.108. The first-order chi connectivity index (χ1) is 7.47. The first-order valence-electron chi connectivity index (χ1n) is 6.07. The van der Waals surface area contributed by atoms with Crippen LogP contribution in [-0.4, -0.2) is 28.4 Å². The molecule has 16 heavy (non-hydrogen) atoms. The second-order valence-electron chi connectivity index (χ2n) is 4.89. The van der Waals surface area contributed by atoms with Crippen LogP contribution in [0.4, 0.5) is 0 Å². The highest BCUT2D eigenvalue weighted by atomic mass is 32.1. The number of carbonyl (C=O) groups is 1. The molecule has 0 radical (unpaired) electrons. The SMILES string of the molecule is CCC(C(=O)N(CC1CC1)C(C)C)C(N)=S. The molecule has 1 aliphatic rings. The van der Waals surface area contributed by atoms with Gasteiger partial charge >= 0.3 is 0 Å². The highest BCUT2D eigenvalue weighted by molar-refractivity contribution is 7.80. The van der Waals surface area contributed by atoms with E-state index in [-0.39, 0.29) is 17.9 Å². The Morgan fingerprint density at radius 1 is 1.50 bits per heavy atom. The van der Waals surface area contributed by atoms with Gasteiger partial charge in [0.1, 0.15) is 0 Å². The zero-order valence-corrected chi connectivity index (χ0v) is 11.2. The summed E-state index contributed by atoms with van der Waals surface area (Å²) < 4.78 is 0. The summed E-state index contributed by atoms with van der Waals surface area (Å²) in [6, 6.07) is 0.233. The summed E-state index contributed by atoms with van der Waals surface area (Å²) in [6.45, 7) is 6.92. The Kier molecular flexibility index (Phi) is 4.71. The molecular formula is C12H22N2OS. The third-order valence-electron chi connectivity index (χ3n) is 3.11. The summed E-state index contributed by atoms with van der Waals surface area (Å²) >= 11 is 4.96. The number of amides is 1. The van der Waals surface area contributed by atoms with Crippen molar-refractivity contribution in [1.29, 1.82) is 0 Å². The molecule has 0 aromatic carbocycles. The third kappa shape index (κ3) is 3.44. The Labute approximate surface area is 103 Å². The van der Waals surface area contributed by atoms with Crippen molar-refractivity contribution in [2.24, 2.45) is 17.6 Å². The summed E-state index contributed by atoms with van der Waals surface area (Å²) in [6.07, 6.45) is 3.20. The van der Waals surface area contributed by atoms with Gasteiger partial charge in [-0.05, 0) is 39.0 Å². The lowest BCUT2D eigenvalue weighted by Crippen LogP contribution is -2.45. The molecular weight excluding hydrogens is 220 g/mol. The molecule has 3 nitrogen and oxygen atoms in total. The Hall–Kier alpha value is -0.640. The van der Waals surface area contributed by atoms with Crippen molar-refractivity contribution in [3.05, 3.63) is 0 Å². The van der Waals surface area contributed by atoms with Crippen LogP contribution in [0.2, 0.25) is 0 Å². The van der Waals surface area contributed by atoms with Gasteiger partial charge in [0.2, 0.25) is 5.91 Å². The fourth-order valence-electron chi connectivity index (χ4n) is 1.83. The molecule has 0 bridgehead atoms. The van der Waals surface area contributed by atoms with Crippen LogP contribution in [0.5, 0.6) is 0 Å². The van der Waals surface area contributed by atoms with Gasteiger partial charge in [-0.15, -0.1) is 0 Å². The fourth-order valence-corrected chi connectivity index (χ4v) is 2.10. The highest BCUT2D eigenvalue weighted by Gasteiger charge is 2.31. The lowest BCUT2D eigenvalue weighted by Gasteiger charge is -2.30. The van der Waals surface area contributed by atoms with Crippen LogP contribution in [-0.2, 0) is 4.79 Å². The standard InChI is InChI=1S/C12H22N2OS/c1-4-10(11(13)16)12(15)14(8(2)3)7-9-5-6-9/h8-10H,4-7H2,1-3H3,(H2,13,16). The minimum Gasteiger partial charge on any atom is -0.393 e. The molecule has 0 saturated heterocycles. The van der Waals surface area contributed by atoms with E-state index in [1.54, 1.807) is 0 Å². The van der Waals surface area contributed by atoms with Gasteiger partial charge in [0.25, 0.3) is 0 Å². The zero-order chi connectivity index (χ0) is 12.3. The van der Waals surface area contributed by atoms with Crippen molar-refractivity contribution in [2.45, 2.75) is 46.1 Å². The summed E-state index contributed by atoms with van der Waals surface area (Å²) in [4.78, 5) is 14.5. The number of carbonyl (C=O) groups excluding carboxylic acids is 1. The minimum atomic E-state index is -0.281. The highest BCUT2D eigenvalue weighted by Crippen LogP contribution is 2.31. The predicted molar refractivity (Wildman–Crippen MR) is 70.1 cm³/mol. The Morgan fingerprint density at radius 2 is 2.06 bits per heavy atom. The largest absolute Gasteiger partial charge is 0.393 e. The van der Waals surface area contributed by atoms with Crippen molar-refractivity contribution in [3.8, 4) is 0 Å². The van der Waals surface area contributed by atoms with Gasteiger partial charge in [-0.1, -0.05) is 19.1 Å². The normalized spacial score (nSPS) is 17.2. The van der Waals surface area contributed by atoms with Crippen LogP contribution in [0.15, 0.2) is 0 Å². The summed E-state index contributed by atoms with van der Waals surface area (Å²) in [5.41, 5.74) is 5.62. The molecule has 1 aliphatic carbocycles. The van der Waals surface area contributed by atoms with Gasteiger partial charge in [-0.2, -0.15) is 0 Å². The van der Waals surface area contributed by atoms with E-state index >= 15 is 0 Å². The molecule has 1 fully saturated rings. The van der Waals surface area contributed by atoms with Crippen LogP contribution in [0, 0.1) is 11.8 Å². The van der Waals surface area contributed by atoms with E-state index in [4.69, 9.17) is 18.0 Å². The molecule has 1 rings (SSSR count). The van der Waals surface area contributed by atoms with Gasteiger partial charge in [-0.3, -0.25) is 4.79 Å². The Morgan fingerprint density at radius 3 is 2.38 bits per heavy atom. The van der Waals surface area contributed by atoms with Crippen LogP contribution >= 0.6 is 12.2 Å². The number of nitrogens with two attached hydrogens (primary N) is 1. The van der Waals surface area contributed by atoms with Gasteiger partial charge in [0.05, 0.1) is 10.9 Å². The van der Waals surface area contributed by atoms with Crippen LogP contribution in [0.25, 0.3) is 0 Å². The van der Waals surface area contributed by atoms with Gasteiger partial charge in [0, 0.05) is 12.6 Å². The lowest BCUT2D eigenvalue weighted by molar-refractivity contribution is -0.135. The Balaban J connectivity index is 2.67. The molecule has 0 aliphatic heterocycles. The average Bonchev–Trinajstić information content (AvgIpc) is 2.97. The van der Waals surface area contributed by atoms with Crippen LogP contribution in [0.3, 0.4) is 0 Å². The first kappa shape index (κ1) is 13.4. The summed E-state index contributed by atoms with van der Waals surface area (Å²) in [5, 5.41) is 0. The van der Waals surface area contributed by atoms with Crippen molar-refractivity contribution in [3.63, 3.8) is 0 Å². The molecule has 0 spiro atoms. The smallest absolute Gasteiger partial charge is 0.232 e. The summed E-state index contributed by atoms with van der Waals surface area (Å²) in [5.74, 6) is 0.531. The molecule has 4 heteroatoms. The fraction of sp³-hybridized carbons (Fsp3) is 0.833. The van der Waals surface area contributed by atoms with Crippen LogP contribution < -0.4 is 5.73 Å². The van der Waals surface area contributed by atoms with Gasteiger partial charge < -0.3 is 10.6 Å². The Bertz CT molecular complexity index is 274. The summed E-state index contributed by atoms with van der Waals surface area (Å²) in [7, 11) is 0. The van der Waals surface area contributed by atoms with Gasteiger partial charge in [-0.25, -0.2) is 0 Å². The van der Waals surface area contributed by atoms with Crippen molar-refractivity contribution in [2.75, 3.05) is 6.54 Å². The maximum atomic E-state index is 12.3. The number of rotatable bonds is 6. The van der Waals surface area contributed by atoms with E-state index in [0.29, 0.717) is 17.3 Å². The third-order valence-corrected chi connectivity index (χ3v) is 3.39. The number of hydrogen-bond donors (Lipinski definition) is 1. The maximum Gasteiger partial charge on any atom is 0.232 e. The molecule has 1 unspecified atom stereocenters. The number of thiocarbonyl (C=S) groups is 1. The predicted octanol–water partition coefficient (Wildman–Crippen LogP) is 1.95. The van der Waals surface area contributed by atoms with E-state index < -0.39 is 0 Å². The molecule has 1 amide bonds.